The molecule has 0 saturated heterocycles. The molecule has 0 heterocycles. The van der Waals surface area contributed by atoms with Gasteiger partial charge in [0.05, 0.1) is 19.4 Å². The molecular weight excluding hydrogens is 356 g/mol. The highest BCUT2D eigenvalue weighted by Gasteiger charge is 2.30. The van der Waals surface area contributed by atoms with Crippen LogP contribution in [0.25, 0.3) is 0 Å². The van der Waals surface area contributed by atoms with Gasteiger partial charge in [-0.3, -0.25) is 28.8 Å². The normalized spacial score (nSPS) is 13.6. The lowest BCUT2D eigenvalue weighted by Gasteiger charge is -2.22. The van der Waals surface area contributed by atoms with Crippen molar-refractivity contribution in [3.05, 3.63) is 0 Å². The van der Waals surface area contributed by atoms with Crippen LogP contribution in [0.5, 0.6) is 0 Å². The van der Waals surface area contributed by atoms with E-state index in [9.17, 15) is 28.8 Å². The molecule has 0 rings (SSSR count). The first kappa shape index (κ1) is 22.8. The summed E-state index contributed by atoms with van der Waals surface area (Å²) in [6, 6.07) is -4.65. The molecule has 0 aliphatic heterocycles. The van der Waals surface area contributed by atoms with Crippen molar-refractivity contribution in [2.24, 2.45) is 5.73 Å². The van der Waals surface area contributed by atoms with Gasteiger partial charge in [-0.2, -0.15) is 0 Å². The number of carbonyl (C=O) groups is 6. The molecule has 0 aliphatic carbocycles. The maximum absolute atomic E-state index is 12.1. The van der Waals surface area contributed by atoms with Crippen LogP contribution in [0.1, 0.15) is 19.8 Å². The van der Waals surface area contributed by atoms with E-state index >= 15 is 0 Å². The molecule has 0 aromatic carbocycles. The minimum Gasteiger partial charge on any atom is -0.481 e. The highest BCUT2D eigenvalue weighted by atomic mass is 16.4. The van der Waals surface area contributed by atoms with Crippen molar-refractivity contribution in [1.29, 1.82) is 0 Å². The van der Waals surface area contributed by atoms with Crippen LogP contribution in [-0.2, 0) is 28.8 Å². The average molecular weight is 376 g/mol. The quantitative estimate of drug-likeness (QED) is 0.188. The molecule has 0 bridgehead atoms. The van der Waals surface area contributed by atoms with Gasteiger partial charge in [0.2, 0.25) is 17.7 Å². The standard InChI is InChI=1S/C13H20N4O9/c1-5(13(25)26)15-11(23)7(3-10(21)22)17-12(24)6(2-9(19)20)16-8(18)4-14/h5-7H,2-4,14H2,1H3,(H,15,23)(H,16,18)(H,17,24)(H,19,20)(H,21,22)(H,25,26)/t5-,6-,7-/m0/s1. The third kappa shape index (κ3) is 8.58. The number of nitrogens with one attached hydrogen (secondary N) is 3. The predicted octanol–water partition coefficient (Wildman–Crippen LogP) is -3.55. The summed E-state index contributed by atoms with van der Waals surface area (Å²) in [5, 5.41) is 32.4. The Morgan fingerprint density at radius 3 is 1.62 bits per heavy atom. The van der Waals surface area contributed by atoms with Crippen LogP contribution in [-0.4, -0.2) is 75.6 Å². The fraction of sp³-hybridized carbons (Fsp3) is 0.538. The topological polar surface area (TPSA) is 225 Å². The minimum atomic E-state index is -1.69. The monoisotopic (exact) mass is 376 g/mol. The number of rotatable bonds is 11. The minimum absolute atomic E-state index is 0.529. The first-order chi connectivity index (χ1) is 12.0. The summed E-state index contributed by atoms with van der Waals surface area (Å²) < 4.78 is 0. The Labute approximate surface area is 146 Å². The van der Waals surface area contributed by atoms with Crippen LogP contribution < -0.4 is 21.7 Å². The van der Waals surface area contributed by atoms with E-state index in [2.05, 4.69) is 0 Å². The second-order valence-electron chi connectivity index (χ2n) is 5.15. The number of hydrogen-bond donors (Lipinski definition) is 7. The summed E-state index contributed by atoms with van der Waals surface area (Å²) >= 11 is 0. The number of carbonyl (C=O) groups excluding carboxylic acids is 3. The van der Waals surface area contributed by atoms with Gasteiger partial charge < -0.3 is 37.0 Å². The molecule has 0 spiro atoms. The molecular formula is C13H20N4O9. The fourth-order valence-corrected chi connectivity index (χ4v) is 1.67. The number of carboxylic acid groups (broad SMARTS) is 3. The molecule has 146 valence electrons. The van der Waals surface area contributed by atoms with E-state index < -0.39 is 73.1 Å². The van der Waals surface area contributed by atoms with Crippen molar-refractivity contribution in [2.75, 3.05) is 6.54 Å². The molecule has 13 heteroatoms. The maximum Gasteiger partial charge on any atom is 0.325 e. The van der Waals surface area contributed by atoms with Gasteiger partial charge in [-0.15, -0.1) is 0 Å². The van der Waals surface area contributed by atoms with Crippen LogP contribution in [0.4, 0.5) is 0 Å². The zero-order chi connectivity index (χ0) is 20.4. The molecule has 8 N–H and O–H groups in total. The van der Waals surface area contributed by atoms with Gasteiger partial charge in [-0.1, -0.05) is 0 Å². The zero-order valence-electron chi connectivity index (χ0n) is 13.7. The van der Waals surface area contributed by atoms with Gasteiger partial charge in [0.1, 0.15) is 18.1 Å². The second kappa shape index (κ2) is 10.6. The van der Waals surface area contributed by atoms with Gasteiger partial charge >= 0.3 is 17.9 Å². The first-order valence-corrected chi connectivity index (χ1v) is 7.24. The van der Waals surface area contributed by atoms with Gasteiger partial charge in [0.15, 0.2) is 0 Å². The number of aliphatic carboxylic acids is 3. The zero-order valence-corrected chi connectivity index (χ0v) is 13.7. The summed E-state index contributed by atoms with van der Waals surface area (Å²) in [6.07, 6.45) is -1.74. The highest BCUT2D eigenvalue weighted by Crippen LogP contribution is 1.99. The van der Waals surface area contributed by atoms with E-state index in [4.69, 9.17) is 21.1 Å². The number of carboxylic acids is 3. The van der Waals surface area contributed by atoms with Gasteiger partial charge in [0, 0.05) is 0 Å². The van der Waals surface area contributed by atoms with E-state index in [1.807, 2.05) is 16.0 Å². The van der Waals surface area contributed by atoms with Crippen molar-refractivity contribution in [3.63, 3.8) is 0 Å². The molecule has 0 aliphatic rings. The fourth-order valence-electron chi connectivity index (χ4n) is 1.67. The Balaban J connectivity index is 5.24. The Bertz CT molecular complexity index is 592. The molecule has 0 aromatic rings. The van der Waals surface area contributed by atoms with Crippen molar-refractivity contribution >= 4 is 35.6 Å². The molecule has 0 unspecified atom stereocenters. The van der Waals surface area contributed by atoms with Crippen molar-refractivity contribution in [2.45, 2.75) is 37.9 Å². The Hall–Kier alpha value is -3.22. The van der Waals surface area contributed by atoms with Crippen LogP contribution in [0.15, 0.2) is 0 Å². The Kier molecular flexibility index (Phi) is 9.29. The summed E-state index contributed by atoms with van der Waals surface area (Å²) in [5.74, 6) is -7.40. The van der Waals surface area contributed by atoms with E-state index in [-0.39, 0.29) is 0 Å². The van der Waals surface area contributed by atoms with Crippen LogP contribution in [0.3, 0.4) is 0 Å². The largest absolute Gasteiger partial charge is 0.481 e. The van der Waals surface area contributed by atoms with Crippen molar-refractivity contribution in [1.82, 2.24) is 16.0 Å². The lowest BCUT2D eigenvalue weighted by molar-refractivity contribution is -0.144. The SMILES string of the molecule is C[C@H](NC(=O)[C@H](CC(=O)O)NC(=O)[C@H](CC(=O)O)NC(=O)CN)C(=O)O. The van der Waals surface area contributed by atoms with Crippen LogP contribution in [0.2, 0.25) is 0 Å². The molecule has 3 atom stereocenters. The lowest BCUT2D eigenvalue weighted by Crippen LogP contribution is -2.56. The van der Waals surface area contributed by atoms with E-state index in [0.717, 1.165) is 6.92 Å². The van der Waals surface area contributed by atoms with Crippen molar-refractivity contribution in [3.8, 4) is 0 Å². The van der Waals surface area contributed by atoms with E-state index in [1.165, 1.54) is 0 Å². The summed E-state index contributed by atoms with van der Waals surface area (Å²) in [7, 11) is 0. The predicted molar refractivity (Wildman–Crippen MR) is 82.7 cm³/mol. The van der Waals surface area contributed by atoms with Gasteiger partial charge in [-0.05, 0) is 6.92 Å². The van der Waals surface area contributed by atoms with Gasteiger partial charge in [-0.25, -0.2) is 0 Å². The van der Waals surface area contributed by atoms with Crippen LogP contribution in [0, 0.1) is 0 Å². The second-order valence-corrected chi connectivity index (χ2v) is 5.15. The summed E-state index contributed by atoms with van der Waals surface area (Å²) in [4.78, 5) is 67.8. The Morgan fingerprint density at radius 2 is 1.23 bits per heavy atom. The third-order valence-electron chi connectivity index (χ3n) is 2.96. The molecule has 26 heavy (non-hydrogen) atoms. The van der Waals surface area contributed by atoms with Gasteiger partial charge in [0.25, 0.3) is 0 Å². The number of amides is 3. The molecule has 3 amide bonds. The third-order valence-corrected chi connectivity index (χ3v) is 2.96. The lowest BCUT2D eigenvalue weighted by atomic mass is 10.1. The summed E-state index contributed by atoms with van der Waals surface area (Å²) in [5.41, 5.74) is 5.06. The number of hydrogen-bond acceptors (Lipinski definition) is 7. The maximum atomic E-state index is 12.1. The van der Waals surface area contributed by atoms with Crippen molar-refractivity contribution < 1.29 is 44.1 Å². The Morgan fingerprint density at radius 1 is 0.808 bits per heavy atom. The van der Waals surface area contributed by atoms with Crippen LogP contribution >= 0.6 is 0 Å². The highest BCUT2D eigenvalue weighted by molar-refractivity contribution is 5.96. The first-order valence-electron chi connectivity index (χ1n) is 7.24. The number of nitrogens with two attached hydrogens (primary N) is 1. The van der Waals surface area contributed by atoms with E-state index in [0.29, 0.717) is 0 Å². The molecule has 0 aromatic heterocycles. The molecule has 0 saturated carbocycles. The molecule has 13 nitrogen and oxygen atoms in total. The molecule has 0 fully saturated rings. The average Bonchev–Trinajstić information content (AvgIpc) is 2.52. The van der Waals surface area contributed by atoms with E-state index in [1.54, 1.807) is 0 Å². The summed E-state index contributed by atoms with van der Waals surface area (Å²) in [6.45, 7) is 0.590. The molecule has 0 radical (unpaired) electrons. The smallest absolute Gasteiger partial charge is 0.325 e.